The van der Waals surface area contributed by atoms with Gasteiger partial charge in [0.25, 0.3) is 0 Å². The average molecular weight is 502 g/mol. The van der Waals surface area contributed by atoms with E-state index in [1.807, 2.05) is 24.3 Å². The maximum atomic E-state index is 11.0. The van der Waals surface area contributed by atoms with E-state index in [-0.39, 0.29) is 29.0 Å². The molecular formula is C25H34Cl2O4S. The summed E-state index contributed by atoms with van der Waals surface area (Å²) in [7, 11) is 0. The van der Waals surface area contributed by atoms with Crippen LogP contribution >= 0.6 is 34.5 Å². The number of rotatable bonds is 12. The van der Waals surface area contributed by atoms with E-state index in [1.165, 1.54) is 4.88 Å². The van der Waals surface area contributed by atoms with E-state index >= 15 is 0 Å². The number of aliphatic hydroxyl groups is 2. The third-order valence-electron chi connectivity index (χ3n) is 7.14. The lowest BCUT2D eigenvalue weighted by atomic mass is 9.62. The van der Waals surface area contributed by atoms with Crippen molar-refractivity contribution in [2.75, 3.05) is 0 Å². The molecule has 2 saturated carbocycles. The summed E-state index contributed by atoms with van der Waals surface area (Å²) in [5, 5.41) is 30.1. The van der Waals surface area contributed by atoms with Gasteiger partial charge in [-0.25, -0.2) is 0 Å². The second kappa shape index (κ2) is 12.0. The van der Waals surface area contributed by atoms with Gasteiger partial charge in [-0.2, -0.15) is 0 Å². The Morgan fingerprint density at radius 3 is 2.69 bits per heavy atom. The predicted molar refractivity (Wildman–Crippen MR) is 132 cm³/mol. The normalized spacial score (nSPS) is 28.4. The highest BCUT2D eigenvalue weighted by Gasteiger charge is 2.43. The van der Waals surface area contributed by atoms with Gasteiger partial charge in [-0.15, -0.1) is 22.9 Å². The largest absolute Gasteiger partial charge is 0.481 e. The Labute approximate surface area is 204 Å². The number of carboxylic acids is 1. The molecule has 0 saturated heterocycles. The number of aliphatic hydroxyl groups excluding tert-OH is 2. The minimum atomic E-state index is -0.770. The minimum absolute atomic E-state index is 0.0261. The lowest BCUT2D eigenvalue weighted by molar-refractivity contribution is -0.137. The highest BCUT2D eigenvalue weighted by Crippen LogP contribution is 2.49. The Kier molecular flexibility index (Phi) is 9.69. The predicted octanol–water partition coefficient (Wildman–Crippen LogP) is 6.23. The molecule has 0 amide bonds. The number of carboxylic acid groups (broad SMARTS) is 1. The monoisotopic (exact) mass is 500 g/mol. The van der Waals surface area contributed by atoms with Gasteiger partial charge in [0.1, 0.15) is 0 Å². The van der Waals surface area contributed by atoms with E-state index in [1.54, 1.807) is 11.3 Å². The molecule has 0 bridgehead atoms. The number of allylic oxidation sites excluding steroid dienone is 2. The molecule has 2 fully saturated rings. The third kappa shape index (κ3) is 6.83. The van der Waals surface area contributed by atoms with E-state index < -0.39 is 18.2 Å². The van der Waals surface area contributed by atoms with Crippen molar-refractivity contribution in [3.05, 3.63) is 45.7 Å². The molecule has 0 aliphatic heterocycles. The van der Waals surface area contributed by atoms with E-state index in [0.29, 0.717) is 19.3 Å². The van der Waals surface area contributed by atoms with Gasteiger partial charge in [0.2, 0.25) is 0 Å². The van der Waals surface area contributed by atoms with Crippen LogP contribution in [0.1, 0.15) is 62.7 Å². The molecule has 178 valence electrons. The fourth-order valence-corrected chi connectivity index (χ4v) is 6.77. The highest BCUT2D eigenvalue weighted by molar-refractivity contribution is 7.16. The molecule has 7 heteroatoms. The van der Waals surface area contributed by atoms with Gasteiger partial charge in [0.15, 0.2) is 0 Å². The first-order valence-electron chi connectivity index (χ1n) is 11.6. The van der Waals surface area contributed by atoms with E-state index in [9.17, 15) is 15.0 Å². The number of alkyl halides is 1. The topological polar surface area (TPSA) is 77.8 Å². The molecule has 1 aromatic heterocycles. The van der Waals surface area contributed by atoms with E-state index in [2.05, 4.69) is 12.1 Å². The fraction of sp³-hybridized carbons (Fsp3) is 0.640. The number of thiophene rings is 1. The Balaban J connectivity index is 1.52. The van der Waals surface area contributed by atoms with Crippen LogP contribution in [-0.4, -0.2) is 38.9 Å². The molecule has 0 spiro atoms. The Morgan fingerprint density at radius 2 is 2.06 bits per heavy atom. The summed E-state index contributed by atoms with van der Waals surface area (Å²) in [5.41, 5.74) is -0.0695. The van der Waals surface area contributed by atoms with Crippen molar-refractivity contribution in [2.45, 2.75) is 81.8 Å². The van der Waals surface area contributed by atoms with Gasteiger partial charge >= 0.3 is 5.97 Å². The molecule has 2 unspecified atom stereocenters. The highest BCUT2D eigenvalue weighted by atomic mass is 35.5. The first kappa shape index (κ1) is 25.8. The summed E-state index contributed by atoms with van der Waals surface area (Å²) >= 11 is 14.2. The molecule has 32 heavy (non-hydrogen) atoms. The molecular weight excluding hydrogens is 467 g/mol. The van der Waals surface area contributed by atoms with Crippen molar-refractivity contribution in [1.29, 1.82) is 0 Å². The zero-order valence-electron chi connectivity index (χ0n) is 18.3. The van der Waals surface area contributed by atoms with Gasteiger partial charge < -0.3 is 15.3 Å². The van der Waals surface area contributed by atoms with Crippen LogP contribution in [-0.2, 0) is 11.2 Å². The number of hydrogen-bond donors (Lipinski definition) is 3. The van der Waals surface area contributed by atoms with Crippen molar-refractivity contribution in [2.24, 2.45) is 17.3 Å². The summed E-state index contributed by atoms with van der Waals surface area (Å²) in [6.07, 6.45) is 14.8. The Bertz CT molecular complexity index is 802. The summed E-state index contributed by atoms with van der Waals surface area (Å²) in [6.45, 7) is 0. The maximum Gasteiger partial charge on any atom is 0.303 e. The van der Waals surface area contributed by atoms with E-state index in [4.69, 9.17) is 28.3 Å². The maximum absolute atomic E-state index is 11.0. The molecule has 2 aliphatic carbocycles. The molecule has 3 N–H and O–H groups in total. The zero-order chi connectivity index (χ0) is 23.1. The Morgan fingerprint density at radius 1 is 1.28 bits per heavy atom. The van der Waals surface area contributed by atoms with Crippen LogP contribution in [0.25, 0.3) is 0 Å². The lowest BCUT2D eigenvalue weighted by Crippen LogP contribution is -2.42. The van der Waals surface area contributed by atoms with Crippen molar-refractivity contribution in [3.8, 4) is 0 Å². The van der Waals surface area contributed by atoms with Crippen molar-refractivity contribution in [3.63, 3.8) is 0 Å². The second-order valence-corrected chi connectivity index (χ2v) is 11.7. The van der Waals surface area contributed by atoms with Crippen LogP contribution in [0.15, 0.2) is 36.4 Å². The van der Waals surface area contributed by atoms with Crippen LogP contribution in [0.4, 0.5) is 0 Å². The minimum Gasteiger partial charge on any atom is -0.481 e. The SMILES string of the molecule is O=C(O)CCC/C=C/C[C@H]1C(Cl)C[C@@H](O)[C@@H]1/C=C/CC(O)C1(Cc2ccc(Cl)s2)CCC1. The lowest BCUT2D eigenvalue weighted by Gasteiger charge is -2.45. The number of unbranched alkanes of at least 4 members (excludes halogenated alkanes) is 1. The molecule has 2 aliphatic rings. The molecule has 0 radical (unpaired) electrons. The summed E-state index contributed by atoms with van der Waals surface area (Å²) in [5.74, 6) is -0.656. The average Bonchev–Trinajstić information content (AvgIpc) is 3.23. The molecule has 1 heterocycles. The van der Waals surface area contributed by atoms with Gasteiger partial charge in [-0.3, -0.25) is 4.79 Å². The quantitative estimate of drug-likeness (QED) is 0.180. The summed E-state index contributed by atoms with van der Waals surface area (Å²) in [6, 6.07) is 3.98. The van der Waals surface area contributed by atoms with Gasteiger partial charge in [-0.1, -0.05) is 42.3 Å². The number of carbonyl (C=O) groups is 1. The Hall–Kier alpha value is -0.850. The van der Waals surface area contributed by atoms with Crippen LogP contribution in [0.5, 0.6) is 0 Å². The van der Waals surface area contributed by atoms with Crippen LogP contribution in [0.3, 0.4) is 0 Å². The van der Waals surface area contributed by atoms with Gasteiger partial charge in [-0.05, 0) is 69.4 Å². The van der Waals surface area contributed by atoms with Crippen molar-refractivity contribution < 1.29 is 20.1 Å². The molecule has 3 rings (SSSR count). The van der Waals surface area contributed by atoms with Crippen LogP contribution in [0, 0.1) is 17.3 Å². The first-order valence-corrected chi connectivity index (χ1v) is 13.2. The van der Waals surface area contributed by atoms with Crippen LogP contribution < -0.4 is 0 Å². The fourth-order valence-electron chi connectivity index (χ4n) is 5.07. The van der Waals surface area contributed by atoms with Crippen LogP contribution in [0.2, 0.25) is 4.34 Å². The van der Waals surface area contributed by atoms with E-state index in [0.717, 1.165) is 42.9 Å². The van der Waals surface area contributed by atoms with Gasteiger partial charge in [0.05, 0.1) is 16.5 Å². The third-order valence-corrected chi connectivity index (χ3v) is 8.87. The first-order chi connectivity index (χ1) is 15.3. The molecule has 5 atom stereocenters. The summed E-state index contributed by atoms with van der Waals surface area (Å²) in [4.78, 5) is 11.8. The second-order valence-electron chi connectivity index (χ2n) is 9.33. The molecule has 4 nitrogen and oxygen atoms in total. The smallest absolute Gasteiger partial charge is 0.303 e. The number of hydrogen-bond acceptors (Lipinski definition) is 4. The zero-order valence-corrected chi connectivity index (χ0v) is 20.7. The van der Waals surface area contributed by atoms with Crippen molar-refractivity contribution >= 4 is 40.5 Å². The van der Waals surface area contributed by atoms with Crippen molar-refractivity contribution in [1.82, 2.24) is 0 Å². The number of aliphatic carboxylic acids is 1. The van der Waals surface area contributed by atoms with Gasteiger partial charge in [0, 0.05) is 28.0 Å². The number of halogens is 2. The molecule has 0 aromatic carbocycles. The molecule has 1 aromatic rings. The standard InChI is InChI=1S/C25H34Cl2O4S/c26-20-15-21(28)19(18(20)7-3-1-2-4-10-24(30)31)8-5-9-22(29)25(13-6-14-25)16-17-11-12-23(27)32-17/h1,3,5,8,11-12,18-22,28-29H,2,4,6-7,9-10,13-16H2,(H,30,31)/b3-1+,8-5+/t18-,19-,20?,21-,22?/m1/s1. The summed E-state index contributed by atoms with van der Waals surface area (Å²) < 4.78 is 0.789.